The van der Waals surface area contributed by atoms with Gasteiger partial charge in [0.1, 0.15) is 0 Å². The molecule has 2 heteroatoms. The second-order valence-electron chi connectivity index (χ2n) is 2.93. The number of hydrogen-bond acceptors (Lipinski definition) is 1. The first-order valence-electron chi connectivity index (χ1n) is 3.97. The molecule has 0 N–H and O–H groups in total. The average molecular weight is 182 g/mol. The van der Waals surface area contributed by atoms with Gasteiger partial charge in [-0.3, -0.25) is 4.98 Å². The molecular formula is C10H12ClN. The number of hydrogen-bond donors (Lipinski definition) is 0. The normalized spacial score (nSPS) is 11.3. The largest absolute Gasteiger partial charge is 0.260 e. The van der Waals surface area contributed by atoms with Crippen molar-refractivity contribution in [1.82, 2.24) is 4.98 Å². The van der Waals surface area contributed by atoms with Gasteiger partial charge in [-0.1, -0.05) is 31.5 Å². The van der Waals surface area contributed by atoms with Crippen molar-refractivity contribution >= 4 is 17.7 Å². The van der Waals surface area contributed by atoms with Crippen LogP contribution in [-0.2, 0) is 0 Å². The van der Waals surface area contributed by atoms with E-state index in [1.54, 1.807) is 6.20 Å². The van der Waals surface area contributed by atoms with Crippen LogP contribution in [0.5, 0.6) is 0 Å². The summed E-state index contributed by atoms with van der Waals surface area (Å²) in [5.41, 5.74) is 3.71. The van der Waals surface area contributed by atoms with Gasteiger partial charge in [0.15, 0.2) is 0 Å². The van der Waals surface area contributed by atoms with E-state index in [0.717, 1.165) is 11.3 Å². The van der Waals surface area contributed by atoms with E-state index in [-0.39, 0.29) is 0 Å². The number of nitrogens with zero attached hydrogens (tertiary/aromatic N) is 1. The van der Waals surface area contributed by atoms with Crippen LogP contribution in [0, 0.1) is 0 Å². The molecule has 0 saturated heterocycles. The minimum atomic E-state index is 0.439. The third-order valence-corrected chi connectivity index (χ3v) is 1.79. The highest BCUT2D eigenvalue weighted by Gasteiger charge is 2.03. The fourth-order valence-electron chi connectivity index (χ4n) is 1.12. The summed E-state index contributed by atoms with van der Waals surface area (Å²) in [7, 11) is 0. The predicted molar refractivity (Wildman–Crippen MR) is 53.2 cm³/mol. The standard InChI is InChI=1S/C10H12ClN/c1-8(2)10-9(5-6-11)4-3-7-12-10/h3-8H,1-2H3/b6-5+. The third-order valence-electron chi connectivity index (χ3n) is 1.66. The van der Waals surface area contributed by atoms with Gasteiger partial charge in [-0.15, -0.1) is 0 Å². The molecule has 0 radical (unpaired) electrons. The molecule has 1 heterocycles. The minimum absolute atomic E-state index is 0.439. The van der Waals surface area contributed by atoms with E-state index in [4.69, 9.17) is 11.6 Å². The molecule has 0 unspecified atom stereocenters. The summed E-state index contributed by atoms with van der Waals surface area (Å²) in [6.45, 7) is 4.24. The van der Waals surface area contributed by atoms with Crippen molar-refractivity contribution in [3.05, 3.63) is 35.1 Å². The average Bonchev–Trinajstić information content (AvgIpc) is 2.05. The second-order valence-corrected chi connectivity index (χ2v) is 3.18. The van der Waals surface area contributed by atoms with Crippen LogP contribution in [-0.4, -0.2) is 4.98 Å². The molecule has 0 aliphatic rings. The van der Waals surface area contributed by atoms with Crippen molar-refractivity contribution in [2.75, 3.05) is 0 Å². The van der Waals surface area contributed by atoms with Crippen LogP contribution in [0.1, 0.15) is 31.0 Å². The topological polar surface area (TPSA) is 12.9 Å². The van der Waals surface area contributed by atoms with Crippen molar-refractivity contribution < 1.29 is 0 Å². The highest BCUT2D eigenvalue weighted by atomic mass is 35.5. The summed E-state index contributed by atoms with van der Waals surface area (Å²) in [6, 6.07) is 3.93. The zero-order chi connectivity index (χ0) is 8.97. The molecule has 1 aromatic rings. The first kappa shape index (κ1) is 9.27. The molecular weight excluding hydrogens is 170 g/mol. The molecule has 0 spiro atoms. The molecule has 0 fully saturated rings. The Hall–Kier alpha value is -0.820. The Kier molecular flexibility index (Phi) is 3.30. The minimum Gasteiger partial charge on any atom is -0.260 e. The lowest BCUT2D eigenvalue weighted by molar-refractivity contribution is 0.820. The zero-order valence-corrected chi connectivity index (χ0v) is 8.05. The molecule has 0 bridgehead atoms. The van der Waals surface area contributed by atoms with E-state index in [9.17, 15) is 0 Å². The first-order chi connectivity index (χ1) is 5.75. The lowest BCUT2D eigenvalue weighted by atomic mass is 10.0. The first-order valence-corrected chi connectivity index (χ1v) is 4.41. The highest BCUT2D eigenvalue weighted by Crippen LogP contribution is 2.17. The Morgan fingerprint density at radius 2 is 2.25 bits per heavy atom. The van der Waals surface area contributed by atoms with Crippen LogP contribution in [0.15, 0.2) is 23.9 Å². The second kappa shape index (κ2) is 4.27. The Morgan fingerprint density at radius 1 is 1.50 bits per heavy atom. The molecule has 0 amide bonds. The van der Waals surface area contributed by atoms with Gasteiger partial charge in [0.05, 0.1) is 5.69 Å². The number of halogens is 1. The van der Waals surface area contributed by atoms with E-state index in [2.05, 4.69) is 18.8 Å². The number of aromatic nitrogens is 1. The monoisotopic (exact) mass is 181 g/mol. The fraction of sp³-hybridized carbons (Fsp3) is 0.300. The third kappa shape index (κ3) is 2.08. The molecule has 0 atom stereocenters. The van der Waals surface area contributed by atoms with Gasteiger partial charge in [-0.25, -0.2) is 0 Å². The fourth-order valence-corrected chi connectivity index (χ4v) is 1.26. The number of rotatable bonds is 2. The molecule has 0 aliphatic carbocycles. The van der Waals surface area contributed by atoms with Crippen molar-refractivity contribution in [3.8, 4) is 0 Å². The lowest BCUT2D eigenvalue weighted by Gasteiger charge is -2.06. The van der Waals surface area contributed by atoms with Gasteiger partial charge >= 0.3 is 0 Å². The predicted octanol–water partition coefficient (Wildman–Crippen LogP) is 3.41. The quantitative estimate of drug-likeness (QED) is 0.682. The van der Waals surface area contributed by atoms with Crippen LogP contribution >= 0.6 is 11.6 Å². The van der Waals surface area contributed by atoms with Crippen molar-refractivity contribution in [1.29, 1.82) is 0 Å². The Bertz CT molecular complexity index is 279. The van der Waals surface area contributed by atoms with Gasteiger partial charge in [0, 0.05) is 11.7 Å². The van der Waals surface area contributed by atoms with Crippen LogP contribution in [0.3, 0.4) is 0 Å². The van der Waals surface area contributed by atoms with Crippen LogP contribution in [0.25, 0.3) is 6.08 Å². The van der Waals surface area contributed by atoms with Crippen molar-refractivity contribution in [2.24, 2.45) is 0 Å². The van der Waals surface area contributed by atoms with E-state index < -0.39 is 0 Å². The van der Waals surface area contributed by atoms with Gasteiger partial charge in [-0.05, 0) is 23.6 Å². The molecule has 1 rings (SSSR count). The van der Waals surface area contributed by atoms with Gasteiger partial charge < -0.3 is 0 Å². The maximum absolute atomic E-state index is 5.50. The van der Waals surface area contributed by atoms with E-state index >= 15 is 0 Å². The zero-order valence-electron chi connectivity index (χ0n) is 7.29. The van der Waals surface area contributed by atoms with Crippen LogP contribution in [0.2, 0.25) is 0 Å². The van der Waals surface area contributed by atoms with Gasteiger partial charge in [0.25, 0.3) is 0 Å². The molecule has 1 aromatic heterocycles. The summed E-state index contributed by atoms with van der Waals surface area (Å²) in [5.74, 6) is 0.439. The molecule has 0 saturated carbocycles. The smallest absolute Gasteiger partial charge is 0.0501 e. The molecule has 0 aromatic carbocycles. The summed E-state index contributed by atoms with van der Waals surface area (Å²) in [4.78, 5) is 4.29. The molecule has 12 heavy (non-hydrogen) atoms. The molecule has 1 nitrogen and oxygen atoms in total. The summed E-state index contributed by atoms with van der Waals surface area (Å²) >= 11 is 5.50. The van der Waals surface area contributed by atoms with E-state index in [1.165, 1.54) is 5.54 Å². The molecule has 0 aliphatic heterocycles. The lowest BCUT2D eigenvalue weighted by Crippen LogP contribution is -1.94. The molecule has 64 valence electrons. The van der Waals surface area contributed by atoms with Crippen LogP contribution < -0.4 is 0 Å². The number of pyridine rings is 1. The maximum atomic E-state index is 5.50. The van der Waals surface area contributed by atoms with Gasteiger partial charge in [0.2, 0.25) is 0 Å². The Morgan fingerprint density at radius 3 is 2.83 bits per heavy atom. The maximum Gasteiger partial charge on any atom is 0.0501 e. The van der Waals surface area contributed by atoms with Crippen LogP contribution in [0.4, 0.5) is 0 Å². The SMILES string of the molecule is CC(C)c1ncccc1/C=C/Cl. The summed E-state index contributed by atoms with van der Waals surface area (Å²) in [5, 5.41) is 0. The van der Waals surface area contributed by atoms with Crippen molar-refractivity contribution in [2.45, 2.75) is 19.8 Å². The summed E-state index contributed by atoms with van der Waals surface area (Å²) in [6.07, 6.45) is 3.67. The highest BCUT2D eigenvalue weighted by molar-refractivity contribution is 6.27. The Labute approximate surface area is 78.1 Å². The Balaban J connectivity index is 3.08. The summed E-state index contributed by atoms with van der Waals surface area (Å²) < 4.78 is 0. The van der Waals surface area contributed by atoms with Crippen molar-refractivity contribution in [3.63, 3.8) is 0 Å². The van der Waals surface area contributed by atoms with E-state index in [0.29, 0.717) is 5.92 Å². The van der Waals surface area contributed by atoms with E-state index in [1.807, 2.05) is 18.2 Å². The van der Waals surface area contributed by atoms with Gasteiger partial charge in [-0.2, -0.15) is 0 Å².